The molecule has 14 rings (SSSR count). The van der Waals surface area contributed by atoms with Crippen LogP contribution >= 0.6 is 0 Å². The molecule has 0 heterocycles. The van der Waals surface area contributed by atoms with E-state index in [9.17, 15) is 24.0 Å². The summed E-state index contributed by atoms with van der Waals surface area (Å²) >= 11 is 0. The molecule has 0 bridgehead atoms. The van der Waals surface area contributed by atoms with E-state index in [0.717, 1.165) is 129 Å². The lowest BCUT2D eigenvalue weighted by atomic mass is 9.44. The van der Waals surface area contributed by atoms with Gasteiger partial charge in [0.2, 0.25) is 0 Å². The van der Waals surface area contributed by atoms with E-state index < -0.39 is 11.5 Å². The largest absolute Gasteiger partial charge is 0.465 e. The van der Waals surface area contributed by atoms with Gasteiger partial charge in [-0.3, -0.25) is 19.2 Å². The highest BCUT2D eigenvalue weighted by molar-refractivity contribution is 5.77. The van der Waals surface area contributed by atoms with E-state index in [0.29, 0.717) is 82.2 Å². The number of alkyl carbamates (subject to hydrolysis) is 1. The van der Waals surface area contributed by atoms with E-state index in [1.807, 2.05) is 62.3 Å². The molecule has 14 aliphatic carbocycles. The second-order valence-electron chi connectivity index (χ2n) is 52.7. The zero-order valence-electron chi connectivity index (χ0n) is 90.7. The topological polar surface area (TPSA) is 144 Å². The molecule has 140 heavy (non-hydrogen) atoms. The maximum Gasteiger partial charge on any atom is 0.407 e. The van der Waals surface area contributed by atoms with Crippen LogP contribution in [0.5, 0.6) is 0 Å². The number of amides is 1. The Bertz CT molecular complexity index is 4010. The van der Waals surface area contributed by atoms with Gasteiger partial charge >= 0.3 is 30.0 Å². The van der Waals surface area contributed by atoms with Gasteiger partial charge in [-0.1, -0.05) is 322 Å². The Morgan fingerprint density at radius 3 is 1.27 bits per heavy atom. The zero-order chi connectivity index (χ0) is 96.8. The number of esters is 4. The van der Waals surface area contributed by atoms with E-state index in [2.05, 4.69) is 167 Å². The highest BCUT2D eigenvalue weighted by Crippen LogP contribution is 2.72. The Balaban J connectivity index is 0.000000473. The average Bonchev–Trinajstić information content (AvgIpc) is 1.32. The third-order valence-electron chi connectivity index (χ3n) is 42.6. The van der Waals surface area contributed by atoms with Crippen LogP contribution in [-0.2, 0) is 42.9 Å². The van der Waals surface area contributed by atoms with Crippen LogP contribution in [-0.4, -0.2) is 68.5 Å². The van der Waals surface area contributed by atoms with Gasteiger partial charge in [-0.05, 0) is 392 Å². The van der Waals surface area contributed by atoms with Crippen LogP contribution < -0.4 is 5.32 Å². The van der Waals surface area contributed by atoms with Gasteiger partial charge in [-0.15, -0.1) is 0 Å². The van der Waals surface area contributed by atoms with Crippen molar-refractivity contribution in [2.24, 2.45) is 166 Å². The van der Waals surface area contributed by atoms with Crippen molar-refractivity contribution < 1.29 is 47.7 Å². The molecule has 0 aromatic heterocycles. The first-order valence-corrected chi connectivity index (χ1v) is 56.3. The smallest absolute Gasteiger partial charge is 0.407 e. The van der Waals surface area contributed by atoms with Gasteiger partial charge in [-0.25, -0.2) is 4.79 Å². The lowest BCUT2D eigenvalue weighted by molar-refractivity contribution is -0.171. The quantitative estimate of drug-likeness (QED) is 0.0308. The van der Waals surface area contributed by atoms with Crippen molar-refractivity contribution >= 4 is 30.0 Å². The number of carbonyl (C=O) groups is 5. The molecule has 0 spiro atoms. The van der Waals surface area contributed by atoms with Crippen molar-refractivity contribution in [2.45, 2.75) is 542 Å². The molecule has 0 aromatic carbocycles. The van der Waals surface area contributed by atoms with Gasteiger partial charge in [0.1, 0.15) is 18.8 Å². The number of hydrogen-bond donors (Lipinski definition) is 1. The normalized spacial score (nSPS) is 35.1. The number of nitrogens with one attached hydrogen (secondary N) is 1. The fraction of sp³-hybridized carbons (Fsp3) is 0.884. The molecule has 0 saturated heterocycles. The van der Waals surface area contributed by atoms with E-state index in [4.69, 9.17) is 23.7 Å². The van der Waals surface area contributed by atoms with Crippen LogP contribution in [0.2, 0.25) is 0 Å². The third-order valence-corrected chi connectivity index (χ3v) is 42.6. The van der Waals surface area contributed by atoms with Gasteiger partial charge in [0.05, 0.1) is 41.4 Å². The van der Waals surface area contributed by atoms with E-state index in [-0.39, 0.29) is 141 Å². The molecule has 1 N–H and O–H groups in total. The summed E-state index contributed by atoms with van der Waals surface area (Å²) in [4.78, 5) is 62.6. The predicted molar refractivity (Wildman–Crippen MR) is 601 cm³/mol. The SMILES string of the molecule is C.C.C.C.C.C.C.C.CCC(C)(C)C(=O)OCC1(C)CCCC2(C)C3CCC(C(C)C)=CC3=CCC12.CCC(C)(C)C(=O)OCCNC(=O)OCC1(C)CCCC2(C)C3CCC(C(C)C)=CC3=CCC12.CCCCCCC(C)C1CCC2C3CC=C4C[C@H](OC(=O)C(C)(C)CC)CCC4(C)C3CCC12C.CCCCCCC(C)C1CCC2C3CCC4C[C@H](OC(=O)C(C)(C)CC)CCC4(C)C3CCC12C. The summed E-state index contributed by atoms with van der Waals surface area (Å²) in [6, 6.07) is 0. The highest BCUT2D eigenvalue weighted by atomic mass is 16.6. The van der Waals surface area contributed by atoms with Crippen molar-refractivity contribution in [3.05, 3.63) is 58.2 Å². The van der Waals surface area contributed by atoms with Crippen molar-refractivity contribution in [3.8, 4) is 0 Å². The van der Waals surface area contributed by atoms with Crippen LogP contribution in [0.4, 0.5) is 4.79 Å². The van der Waals surface area contributed by atoms with Crippen LogP contribution in [0.15, 0.2) is 58.2 Å². The summed E-state index contributed by atoms with van der Waals surface area (Å²) < 4.78 is 29.2. The zero-order valence-corrected chi connectivity index (χ0v) is 90.7. The van der Waals surface area contributed by atoms with Gasteiger partial charge in [0.25, 0.3) is 0 Å². The highest BCUT2D eigenvalue weighted by Gasteiger charge is 2.64. The van der Waals surface area contributed by atoms with E-state index >= 15 is 0 Å². The molecule has 0 aliphatic heterocycles. The fourth-order valence-corrected chi connectivity index (χ4v) is 31.9. The molecule has 1 amide bonds. The first-order chi connectivity index (χ1) is 62.1. The van der Waals surface area contributed by atoms with Crippen LogP contribution in [0.25, 0.3) is 0 Å². The number of fused-ring (bicyclic) bond motifs is 16. The second-order valence-corrected chi connectivity index (χ2v) is 52.7. The molecule has 23 unspecified atom stereocenters. The van der Waals surface area contributed by atoms with Crippen molar-refractivity contribution in [1.29, 1.82) is 0 Å². The molecule has 0 aromatic rings. The Hall–Kier alpha value is -4.15. The molecule has 14 aliphatic rings. The van der Waals surface area contributed by atoms with E-state index in [1.165, 1.54) is 205 Å². The lowest BCUT2D eigenvalue weighted by Crippen LogP contribution is -2.54. The number of allylic oxidation sites excluding steroid dienone is 9. The minimum Gasteiger partial charge on any atom is -0.465 e. The Kier molecular flexibility index (Phi) is 49.5. The molecular formula is C129H235NO10. The number of hydrogen-bond acceptors (Lipinski definition) is 10. The van der Waals surface area contributed by atoms with Crippen LogP contribution in [0.3, 0.4) is 0 Å². The summed E-state index contributed by atoms with van der Waals surface area (Å²) in [5, 5.41) is 2.75. The van der Waals surface area contributed by atoms with Gasteiger partial charge < -0.3 is 29.0 Å². The number of ether oxygens (including phenoxy) is 5. The minimum atomic E-state index is -0.498. The average molecular weight is 1960 g/mol. The second kappa shape index (κ2) is 53.3. The maximum atomic E-state index is 12.8. The van der Waals surface area contributed by atoms with E-state index in [1.54, 1.807) is 27.9 Å². The fourth-order valence-electron chi connectivity index (χ4n) is 31.9. The lowest BCUT2D eigenvalue weighted by Gasteiger charge is -2.61. The first kappa shape index (κ1) is 130. The minimum absolute atomic E-state index is 0. The molecule has 9 fully saturated rings. The Labute approximate surface area is 869 Å². The number of carbonyl (C=O) groups excluding carboxylic acids is 5. The van der Waals surface area contributed by atoms with Crippen LogP contribution in [0.1, 0.15) is 529 Å². The molecule has 9 saturated carbocycles. The number of unbranched alkanes of at least 4 members (excludes halogenated alkanes) is 6. The summed E-state index contributed by atoms with van der Waals surface area (Å²) in [5.41, 5.74) is 9.02. The number of rotatable bonds is 31. The molecule has 816 valence electrons. The third kappa shape index (κ3) is 27.9. The molecule has 11 nitrogen and oxygen atoms in total. The molecule has 25 atom stereocenters. The van der Waals surface area contributed by atoms with Gasteiger partial charge in [0.15, 0.2) is 0 Å². The Morgan fingerprint density at radius 2 is 0.814 bits per heavy atom. The summed E-state index contributed by atoms with van der Waals surface area (Å²) in [5.74, 6) is 13.3. The first-order valence-electron chi connectivity index (χ1n) is 56.3. The monoisotopic (exact) mass is 1960 g/mol. The molecule has 0 radical (unpaired) electrons. The van der Waals surface area contributed by atoms with Crippen molar-refractivity contribution in [3.63, 3.8) is 0 Å². The Morgan fingerprint density at radius 1 is 0.400 bits per heavy atom. The summed E-state index contributed by atoms with van der Waals surface area (Å²) in [6.45, 7) is 64.9. The van der Waals surface area contributed by atoms with Gasteiger partial charge in [0, 0.05) is 17.3 Å². The summed E-state index contributed by atoms with van der Waals surface area (Å²) in [7, 11) is 0. The van der Waals surface area contributed by atoms with Crippen LogP contribution in [0, 0.1) is 166 Å². The van der Waals surface area contributed by atoms with Crippen molar-refractivity contribution in [2.75, 3.05) is 26.4 Å². The molecule has 11 heteroatoms. The maximum absolute atomic E-state index is 12.8. The predicted octanol–water partition coefficient (Wildman–Crippen LogP) is 38.1. The van der Waals surface area contributed by atoms with Crippen molar-refractivity contribution in [1.82, 2.24) is 5.32 Å². The molecular weight excluding hydrogens is 1720 g/mol. The summed E-state index contributed by atoms with van der Waals surface area (Å²) in [6.07, 6.45) is 66.8. The van der Waals surface area contributed by atoms with Gasteiger partial charge in [-0.2, -0.15) is 0 Å². The standard InChI is InChI=1S/C33H58O2.C33H56O2.C29H47NO4.C26H42O2.8CH4/c2*1-8-10-11-12-13-23(3)27-16-17-28-26-15-14-24-22-25(35-30(34)31(4,5)9-2)18-20-32(24,6)29(26)19-21-33(27,28)7;1-8-27(4,5)25(31)33-17-16-30-26(32)34-19-28(6)14-9-15-29(7)23-12-10-21(20(2)3)18-22(23)11-13-24(28)29;1-8-24(4,5)23(27)28-17-25(6)14-9-15-26(7)21-12-10-19(18(2)3)16-20(21)11-13-22(25)26;;;;;;;;/h23-29H,8-22H2,1-7H3;14,23,25-29H,8-13,15-22H2,1-7H3;11,18,20,23-24H,8-10,12-17,19H2,1-7H3,(H,30,32);11,16,18,21-22H,8-10,12-15,17H2,1-7H3;8*1H4/t23?,24?,25-,26?,27?,28?,29?,32?,33?;23?,25-,26?,27?,28?,29?,32?,33?;;;;;;;;;;/m11........../s1.